The molecule has 0 N–H and O–H groups in total. The van der Waals surface area contributed by atoms with Crippen LogP contribution < -0.4 is 0 Å². The SMILES string of the molecule is CC.CC.CC.N#CCCC1=C(c2ccccc2)C(c2ccccc2)=NC1. The summed E-state index contributed by atoms with van der Waals surface area (Å²) in [6.07, 6.45) is 1.34. The predicted octanol–water partition coefficient (Wildman–Crippen LogP) is 7.33. The summed E-state index contributed by atoms with van der Waals surface area (Å²) in [6, 6.07) is 22.9. The fourth-order valence-corrected chi connectivity index (χ4v) is 2.69. The van der Waals surface area contributed by atoms with Crippen molar-refractivity contribution in [2.24, 2.45) is 4.99 Å². The quantitative estimate of drug-likeness (QED) is 0.561. The molecule has 0 fully saturated rings. The van der Waals surface area contributed by atoms with Crippen molar-refractivity contribution in [3.63, 3.8) is 0 Å². The molecule has 1 heterocycles. The van der Waals surface area contributed by atoms with Gasteiger partial charge in [0.2, 0.25) is 0 Å². The molecule has 0 radical (unpaired) electrons. The summed E-state index contributed by atoms with van der Waals surface area (Å²) in [7, 11) is 0. The third-order valence-corrected chi connectivity index (χ3v) is 3.67. The van der Waals surface area contributed by atoms with Gasteiger partial charge in [0.25, 0.3) is 0 Å². The van der Waals surface area contributed by atoms with E-state index in [0.717, 1.165) is 17.7 Å². The van der Waals surface area contributed by atoms with E-state index in [0.29, 0.717) is 13.0 Å². The Bertz CT molecular complexity index is 720. The van der Waals surface area contributed by atoms with Gasteiger partial charge in [-0.25, -0.2) is 0 Å². The van der Waals surface area contributed by atoms with Crippen LogP contribution in [0.4, 0.5) is 0 Å². The van der Waals surface area contributed by atoms with E-state index in [9.17, 15) is 0 Å². The van der Waals surface area contributed by atoms with Crippen molar-refractivity contribution in [3.8, 4) is 6.07 Å². The van der Waals surface area contributed by atoms with Gasteiger partial charge in [0, 0.05) is 17.6 Å². The Labute approximate surface area is 166 Å². The van der Waals surface area contributed by atoms with Crippen LogP contribution in [0.3, 0.4) is 0 Å². The molecule has 1 aliphatic heterocycles. The molecule has 3 rings (SSSR count). The molecule has 2 nitrogen and oxygen atoms in total. The van der Waals surface area contributed by atoms with E-state index < -0.39 is 0 Å². The van der Waals surface area contributed by atoms with E-state index in [4.69, 9.17) is 10.3 Å². The van der Waals surface area contributed by atoms with Gasteiger partial charge in [0.05, 0.1) is 18.3 Å². The van der Waals surface area contributed by atoms with Gasteiger partial charge in [-0.15, -0.1) is 0 Å². The molecule has 2 heteroatoms. The van der Waals surface area contributed by atoms with Crippen LogP contribution in [0.5, 0.6) is 0 Å². The molecule has 0 aromatic heterocycles. The third kappa shape index (κ3) is 7.23. The molecule has 0 atom stereocenters. The maximum Gasteiger partial charge on any atom is 0.0729 e. The highest BCUT2D eigenvalue weighted by Crippen LogP contribution is 2.31. The monoisotopic (exact) mass is 362 g/mol. The minimum atomic E-state index is 0.545. The highest BCUT2D eigenvalue weighted by molar-refractivity contribution is 6.33. The Morgan fingerprint density at radius 1 is 0.778 bits per heavy atom. The molecule has 2 aromatic rings. The third-order valence-electron chi connectivity index (χ3n) is 3.67. The van der Waals surface area contributed by atoms with Crippen molar-refractivity contribution in [1.82, 2.24) is 0 Å². The van der Waals surface area contributed by atoms with E-state index >= 15 is 0 Å². The molecule has 0 aliphatic carbocycles. The average Bonchev–Trinajstić information content (AvgIpc) is 3.21. The lowest BCUT2D eigenvalue weighted by atomic mass is 9.92. The van der Waals surface area contributed by atoms with Crippen LogP contribution in [0.2, 0.25) is 0 Å². The summed E-state index contributed by atoms with van der Waals surface area (Å²) < 4.78 is 0. The fraction of sp³-hybridized carbons (Fsp3) is 0.360. The van der Waals surface area contributed by atoms with Gasteiger partial charge < -0.3 is 0 Å². The van der Waals surface area contributed by atoms with Crippen LogP contribution >= 0.6 is 0 Å². The van der Waals surface area contributed by atoms with Gasteiger partial charge >= 0.3 is 0 Å². The van der Waals surface area contributed by atoms with Crippen LogP contribution in [0.25, 0.3) is 5.57 Å². The second-order valence-electron chi connectivity index (χ2n) is 5.03. The van der Waals surface area contributed by atoms with E-state index in [1.807, 2.05) is 77.9 Å². The topological polar surface area (TPSA) is 36.1 Å². The number of nitrogens with zero attached hydrogens (tertiary/aromatic N) is 2. The van der Waals surface area contributed by atoms with Gasteiger partial charge in [-0.1, -0.05) is 102 Å². The van der Waals surface area contributed by atoms with Crippen LogP contribution in [0.15, 0.2) is 71.2 Å². The van der Waals surface area contributed by atoms with Crippen molar-refractivity contribution in [3.05, 3.63) is 77.4 Å². The van der Waals surface area contributed by atoms with E-state index in [-0.39, 0.29) is 0 Å². The van der Waals surface area contributed by atoms with Crippen molar-refractivity contribution in [2.45, 2.75) is 54.4 Å². The predicted molar refractivity (Wildman–Crippen MR) is 120 cm³/mol. The lowest BCUT2D eigenvalue weighted by Gasteiger charge is -2.10. The summed E-state index contributed by atoms with van der Waals surface area (Å²) >= 11 is 0. The zero-order valence-electron chi connectivity index (χ0n) is 17.8. The molecule has 0 bridgehead atoms. The Morgan fingerprint density at radius 2 is 1.26 bits per heavy atom. The van der Waals surface area contributed by atoms with Crippen LogP contribution in [0, 0.1) is 11.3 Å². The van der Waals surface area contributed by atoms with Gasteiger partial charge in [0.15, 0.2) is 0 Å². The minimum Gasteiger partial charge on any atom is -0.280 e. The first-order chi connectivity index (χ1) is 13.4. The normalized spacial score (nSPS) is 11.5. The zero-order valence-corrected chi connectivity index (χ0v) is 17.8. The zero-order chi connectivity index (χ0) is 20.5. The highest BCUT2D eigenvalue weighted by atomic mass is 14.8. The second-order valence-corrected chi connectivity index (χ2v) is 5.03. The number of benzene rings is 2. The summed E-state index contributed by atoms with van der Waals surface area (Å²) in [5.74, 6) is 0. The van der Waals surface area contributed by atoms with Crippen LogP contribution in [-0.4, -0.2) is 12.3 Å². The Balaban J connectivity index is 0.00000103. The Morgan fingerprint density at radius 3 is 1.74 bits per heavy atom. The van der Waals surface area contributed by atoms with E-state index in [2.05, 4.69) is 30.3 Å². The van der Waals surface area contributed by atoms with Crippen molar-refractivity contribution in [1.29, 1.82) is 5.26 Å². The first-order valence-corrected chi connectivity index (χ1v) is 10.1. The van der Waals surface area contributed by atoms with E-state index in [1.165, 1.54) is 16.7 Å². The first kappa shape index (κ1) is 24.3. The largest absolute Gasteiger partial charge is 0.280 e. The fourth-order valence-electron chi connectivity index (χ4n) is 2.69. The molecule has 0 spiro atoms. The first-order valence-electron chi connectivity index (χ1n) is 10.1. The van der Waals surface area contributed by atoms with Crippen molar-refractivity contribution in [2.75, 3.05) is 6.54 Å². The lowest BCUT2D eigenvalue weighted by molar-refractivity contribution is 0.956. The smallest absolute Gasteiger partial charge is 0.0729 e. The number of nitriles is 1. The number of hydrogen-bond acceptors (Lipinski definition) is 2. The maximum absolute atomic E-state index is 8.86. The standard InChI is InChI=1S/C19H16N2.3C2H6/c20-13-7-12-17-14-21-19(16-10-5-2-6-11-16)18(17)15-8-3-1-4-9-15;3*1-2/h1-6,8-11H,7,12,14H2;3*1-2H3. The molecule has 0 saturated carbocycles. The van der Waals surface area contributed by atoms with Gasteiger partial charge in [-0.3, -0.25) is 4.99 Å². The summed E-state index contributed by atoms with van der Waals surface area (Å²) in [5, 5.41) is 8.86. The van der Waals surface area contributed by atoms with Crippen LogP contribution in [-0.2, 0) is 0 Å². The lowest BCUT2D eigenvalue weighted by Crippen LogP contribution is -2.02. The Hall–Kier alpha value is -2.66. The number of allylic oxidation sites excluding steroid dienone is 1. The molecular formula is C25H34N2. The highest BCUT2D eigenvalue weighted by Gasteiger charge is 2.21. The average molecular weight is 363 g/mol. The molecule has 1 aliphatic rings. The molecular weight excluding hydrogens is 328 g/mol. The van der Waals surface area contributed by atoms with Gasteiger partial charge in [-0.2, -0.15) is 5.26 Å². The summed E-state index contributed by atoms with van der Waals surface area (Å²) in [5.41, 5.74) is 5.85. The molecule has 144 valence electrons. The van der Waals surface area contributed by atoms with Gasteiger partial charge in [0.1, 0.15) is 0 Å². The Kier molecular flexibility index (Phi) is 14.0. The molecule has 0 unspecified atom stereocenters. The molecule has 27 heavy (non-hydrogen) atoms. The van der Waals surface area contributed by atoms with Crippen molar-refractivity contribution < 1.29 is 0 Å². The molecule has 0 amide bonds. The molecule has 2 aromatic carbocycles. The number of rotatable bonds is 4. The van der Waals surface area contributed by atoms with Gasteiger partial charge in [-0.05, 0) is 17.6 Å². The minimum absolute atomic E-state index is 0.545. The summed E-state index contributed by atoms with van der Waals surface area (Å²) in [6.45, 7) is 12.7. The van der Waals surface area contributed by atoms with Crippen LogP contribution in [0.1, 0.15) is 65.5 Å². The van der Waals surface area contributed by atoms with Crippen molar-refractivity contribution >= 4 is 11.3 Å². The maximum atomic E-state index is 8.86. The van der Waals surface area contributed by atoms with E-state index in [1.54, 1.807) is 0 Å². The second kappa shape index (κ2) is 15.6. The number of hydrogen-bond donors (Lipinski definition) is 0. The summed E-state index contributed by atoms with van der Waals surface area (Å²) in [4.78, 5) is 4.73. The molecule has 0 saturated heterocycles. The number of aliphatic imine (C=N–C) groups is 1.